The first-order valence-corrected chi connectivity index (χ1v) is 9.03. The Morgan fingerprint density at radius 1 is 1.04 bits per heavy atom. The molecule has 0 saturated carbocycles. The number of benzene rings is 2. The molecule has 0 unspecified atom stereocenters. The summed E-state index contributed by atoms with van der Waals surface area (Å²) in [6, 6.07) is 14.8. The molecule has 0 spiro atoms. The van der Waals surface area contributed by atoms with Crippen molar-refractivity contribution in [2.75, 3.05) is 12.3 Å². The Hall–Kier alpha value is -1.65. The first-order chi connectivity index (χ1) is 11.1. The Bertz CT molecular complexity index is 614. The number of phenols is 1. The average molecular weight is 350 g/mol. The number of carbonyl (C=O) groups is 1. The van der Waals surface area contributed by atoms with Crippen molar-refractivity contribution in [2.45, 2.75) is 18.6 Å². The molecule has 2 N–H and O–H groups in total. The van der Waals surface area contributed by atoms with E-state index < -0.39 is 0 Å². The number of rotatable bonds is 8. The van der Waals surface area contributed by atoms with Crippen LogP contribution in [0.5, 0.6) is 5.75 Å². The quantitative estimate of drug-likeness (QED) is 0.707. The molecule has 0 aromatic heterocycles. The zero-order chi connectivity index (χ0) is 16.5. The first-order valence-electron chi connectivity index (χ1n) is 7.50. The van der Waals surface area contributed by atoms with E-state index in [1.807, 2.05) is 36.4 Å². The molecule has 0 bridgehead atoms. The minimum atomic E-state index is 0.0645. The van der Waals surface area contributed by atoms with Crippen LogP contribution in [0, 0.1) is 0 Å². The molecule has 23 heavy (non-hydrogen) atoms. The second kappa shape index (κ2) is 9.48. The van der Waals surface area contributed by atoms with Crippen LogP contribution in [-0.2, 0) is 17.0 Å². The van der Waals surface area contributed by atoms with Gasteiger partial charge >= 0.3 is 0 Å². The summed E-state index contributed by atoms with van der Waals surface area (Å²) < 4.78 is 0. The first kappa shape index (κ1) is 17.7. The number of hydrogen-bond acceptors (Lipinski definition) is 3. The largest absolute Gasteiger partial charge is 0.508 e. The molecule has 2 aromatic carbocycles. The van der Waals surface area contributed by atoms with Crippen molar-refractivity contribution in [3.63, 3.8) is 0 Å². The number of halogens is 1. The fourth-order valence-electron chi connectivity index (χ4n) is 2.08. The summed E-state index contributed by atoms with van der Waals surface area (Å²) in [6.45, 7) is 0.668. The van der Waals surface area contributed by atoms with Gasteiger partial charge in [0.15, 0.2) is 0 Å². The molecule has 0 aliphatic heterocycles. The molecule has 0 heterocycles. The van der Waals surface area contributed by atoms with Gasteiger partial charge in [0.05, 0.1) is 5.75 Å². The van der Waals surface area contributed by atoms with Crippen LogP contribution in [0.25, 0.3) is 0 Å². The number of nitrogens with one attached hydrogen (secondary N) is 1. The molecule has 0 saturated heterocycles. The third-order valence-corrected chi connectivity index (χ3v) is 4.57. The zero-order valence-corrected chi connectivity index (χ0v) is 14.4. The molecule has 0 atom stereocenters. The number of carbonyl (C=O) groups excluding carboxylic acids is 1. The Morgan fingerprint density at radius 3 is 2.39 bits per heavy atom. The highest BCUT2D eigenvalue weighted by Gasteiger charge is 2.02. The van der Waals surface area contributed by atoms with E-state index in [9.17, 15) is 9.90 Å². The molecule has 1 amide bonds. The summed E-state index contributed by atoms with van der Waals surface area (Å²) in [5, 5.41) is 12.9. The third-order valence-electron chi connectivity index (χ3n) is 3.32. The van der Waals surface area contributed by atoms with Crippen molar-refractivity contribution in [3.05, 3.63) is 64.7 Å². The lowest BCUT2D eigenvalue weighted by Gasteiger charge is -2.06. The predicted octanol–water partition coefficient (Wildman–Crippen LogP) is 4.03. The minimum Gasteiger partial charge on any atom is -0.508 e. The number of amides is 1. The molecular formula is C18H20ClNO2S. The number of aryl methyl sites for hydroxylation is 1. The van der Waals surface area contributed by atoms with Gasteiger partial charge in [0.1, 0.15) is 5.75 Å². The van der Waals surface area contributed by atoms with Gasteiger partial charge in [0.2, 0.25) is 5.91 Å². The summed E-state index contributed by atoms with van der Waals surface area (Å²) in [5.74, 6) is 1.61. The number of aromatic hydroxyl groups is 1. The van der Waals surface area contributed by atoms with Gasteiger partial charge in [0.25, 0.3) is 0 Å². The van der Waals surface area contributed by atoms with E-state index in [2.05, 4.69) is 5.32 Å². The maximum absolute atomic E-state index is 11.8. The Kier molecular flexibility index (Phi) is 7.30. The van der Waals surface area contributed by atoms with E-state index in [4.69, 9.17) is 11.6 Å². The number of thioether (sulfide) groups is 1. The van der Waals surface area contributed by atoms with Crippen molar-refractivity contribution in [1.29, 1.82) is 0 Å². The van der Waals surface area contributed by atoms with Gasteiger partial charge in [-0.25, -0.2) is 0 Å². The van der Waals surface area contributed by atoms with Crippen LogP contribution in [-0.4, -0.2) is 23.3 Å². The maximum atomic E-state index is 11.8. The summed E-state index contributed by atoms with van der Waals surface area (Å²) in [5.41, 5.74) is 2.33. The smallest absolute Gasteiger partial charge is 0.230 e. The third kappa shape index (κ3) is 6.97. The zero-order valence-electron chi connectivity index (χ0n) is 12.8. The van der Waals surface area contributed by atoms with Gasteiger partial charge < -0.3 is 10.4 Å². The molecule has 5 heteroatoms. The highest BCUT2D eigenvalue weighted by Crippen LogP contribution is 2.15. The molecule has 2 aromatic rings. The highest BCUT2D eigenvalue weighted by atomic mass is 35.5. The second-order valence-corrected chi connectivity index (χ2v) is 6.66. The van der Waals surface area contributed by atoms with E-state index in [1.165, 1.54) is 5.56 Å². The molecular weight excluding hydrogens is 330 g/mol. The van der Waals surface area contributed by atoms with Crippen LogP contribution in [0.4, 0.5) is 0 Å². The fourth-order valence-corrected chi connectivity index (χ4v) is 3.02. The highest BCUT2D eigenvalue weighted by molar-refractivity contribution is 7.99. The van der Waals surface area contributed by atoms with E-state index in [0.717, 1.165) is 29.2 Å². The Labute approximate surface area is 146 Å². The van der Waals surface area contributed by atoms with Crippen molar-refractivity contribution in [2.24, 2.45) is 0 Å². The van der Waals surface area contributed by atoms with Crippen LogP contribution in [0.1, 0.15) is 17.5 Å². The van der Waals surface area contributed by atoms with Crippen molar-refractivity contribution in [3.8, 4) is 5.75 Å². The Balaban J connectivity index is 1.56. The average Bonchev–Trinajstić information content (AvgIpc) is 2.55. The van der Waals surface area contributed by atoms with Crippen molar-refractivity contribution >= 4 is 29.3 Å². The summed E-state index contributed by atoms with van der Waals surface area (Å²) >= 11 is 7.43. The predicted molar refractivity (Wildman–Crippen MR) is 97.1 cm³/mol. The molecule has 122 valence electrons. The van der Waals surface area contributed by atoms with Gasteiger partial charge in [-0.3, -0.25) is 4.79 Å². The normalized spacial score (nSPS) is 10.5. The van der Waals surface area contributed by atoms with Crippen LogP contribution >= 0.6 is 23.4 Å². The van der Waals surface area contributed by atoms with E-state index >= 15 is 0 Å². The molecule has 0 aliphatic carbocycles. The van der Waals surface area contributed by atoms with Crippen molar-refractivity contribution in [1.82, 2.24) is 5.32 Å². The lowest BCUT2D eigenvalue weighted by molar-refractivity contribution is -0.118. The van der Waals surface area contributed by atoms with Gasteiger partial charge in [-0.15, -0.1) is 11.8 Å². The molecule has 0 aliphatic rings. The van der Waals surface area contributed by atoms with Gasteiger partial charge in [-0.1, -0.05) is 35.9 Å². The lowest BCUT2D eigenvalue weighted by atomic mass is 10.1. The monoisotopic (exact) mass is 349 g/mol. The lowest BCUT2D eigenvalue weighted by Crippen LogP contribution is -2.26. The SMILES string of the molecule is O=C(CSCc1ccc(Cl)cc1)NCCCc1ccc(O)cc1. The van der Waals surface area contributed by atoms with Crippen LogP contribution in [0.3, 0.4) is 0 Å². The minimum absolute atomic E-state index is 0.0645. The van der Waals surface area contributed by atoms with E-state index in [0.29, 0.717) is 12.3 Å². The molecule has 2 rings (SSSR count). The topological polar surface area (TPSA) is 49.3 Å². The molecule has 3 nitrogen and oxygen atoms in total. The van der Waals surface area contributed by atoms with Crippen LogP contribution in [0.2, 0.25) is 5.02 Å². The molecule has 0 radical (unpaired) electrons. The Morgan fingerprint density at radius 2 is 1.70 bits per heavy atom. The van der Waals surface area contributed by atoms with Gasteiger partial charge in [-0.2, -0.15) is 0 Å². The van der Waals surface area contributed by atoms with E-state index in [-0.39, 0.29) is 11.7 Å². The van der Waals surface area contributed by atoms with Crippen molar-refractivity contribution < 1.29 is 9.90 Å². The van der Waals surface area contributed by atoms with Crippen LogP contribution in [0.15, 0.2) is 48.5 Å². The number of phenolic OH excluding ortho intramolecular Hbond substituents is 1. The summed E-state index contributed by atoms with van der Waals surface area (Å²) in [6.07, 6.45) is 1.77. The number of hydrogen-bond donors (Lipinski definition) is 2. The van der Waals surface area contributed by atoms with Gasteiger partial charge in [-0.05, 0) is 48.2 Å². The standard InChI is InChI=1S/C18H20ClNO2S/c19-16-7-3-15(4-8-16)12-23-13-18(22)20-11-1-2-14-5-9-17(21)10-6-14/h3-10,21H,1-2,11-13H2,(H,20,22). The second-order valence-electron chi connectivity index (χ2n) is 5.24. The summed E-state index contributed by atoms with van der Waals surface area (Å²) in [4.78, 5) is 11.8. The maximum Gasteiger partial charge on any atom is 0.230 e. The molecule has 0 fully saturated rings. The fraction of sp³-hybridized carbons (Fsp3) is 0.278. The van der Waals surface area contributed by atoms with E-state index in [1.54, 1.807) is 23.9 Å². The van der Waals surface area contributed by atoms with Crippen LogP contribution < -0.4 is 5.32 Å². The summed E-state index contributed by atoms with van der Waals surface area (Å²) in [7, 11) is 0. The van der Waals surface area contributed by atoms with Gasteiger partial charge in [0, 0.05) is 17.3 Å².